The summed E-state index contributed by atoms with van der Waals surface area (Å²) in [5, 5.41) is 3.81. The van der Waals surface area contributed by atoms with Crippen LogP contribution < -0.4 is 5.32 Å². The Balaban J connectivity index is 1.80. The summed E-state index contributed by atoms with van der Waals surface area (Å²) in [4.78, 5) is 0. The van der Waals surface area contributed by atoms with Crippen molar-refractivity contribution >= 4 is 0 Å². The fourth-order valence-electron chi connectivity index (χ4n) is 2.61. The van der Waals surface area contributed by atoms with Gasteiger partial charge in [0.1, 0.15) is 0 Å². The lowest BCUT2D eigenvalue weighted by molar-refractivity contribution is 0.0683. The highest BCUT2D eigenvalue weighted by Gasteiger charge is 2.40. The van der Waals surface area contributed by atoms with Crippen LogP contribution in [0.15, 0.2) is 0 Å². The van der Waals surface area contributed by atoms with Gasteiger partial charge < -0.3 is 5.32 Å². The SMILES string of the molecule is CC(C)(C)C1CCC1NC1CCC1. The number of nitrogens with one attached hydrogen (secondary N) is 1. The summed E-state index contributed by atoms with van der Waals surface area (Å²) < 4.78 is 0. The molecule has 0 bridgehead atoms. The third-order valence-electron chi connectivity index (χ3n) is 3.94. The maximum atomic E-state index is 3.81. The normalized spacial score (nSPS) is 35.3. The molecule has 1 nitrogen and oxygen atoms in total. The molecule has 0 aromatic rings. The first kappa shape index (κ1) is 9.51. The van der Waals surface area contributed by atoms with Gasteiger partial charge in [0.2, 0.25) is 0 Å². The van der Waals surface area contributed by atoms with Crippen LogP contribution in [-0.2, 0) is 0 Å². The smallest absolute Gasteiger partial charge is 0.0103 e. The van der Waals surface area contributed by atoms with Gasteiger partial charge in [0, 0.05) is 12.1 Å². The zero-order valence-corrected chi connectivity index (χ0v) is 9.27. The van der Waals surface area contributed by atoms with E-state index in [0.29, 0.717) is 5.41 Å². The minimum atomic E-state index is 0.514. The van der Waals surface area contributed by atoms with Crippen molar-refractivity contribution in [1.29, 1.82) is 0 Å². The monoisotopic (exact) mass is 181 g/mol. The second-order valence-electron chi connectivity index (χ2n) is 5.95. The second-order valence-corrected chi connectivity index (χ2v) is 5.95. The average molecular weight is 181 g/mol. The fraction of sp³-hybridized carbons (Fsp3) is 1.00. The molecule has 1 heteroatoms. The highest BCUT2D eigenvalue weighted by Crippen LogP contribution is 2.42. The summed E-state index contributed by atoms with van der Waals surface area (Å²) >= 11 is 0. The Morgan fingerprint density at radius 2 is 1.69 bits per heavy atom. The lowest BCUT2D eigenvalue weighted by atomic mass is 9.64. The van der Waals surface area contributed by atoms with Gasteiger partial charge in [-0.05, 0) is 37.0 Å². The molecule has 1 N–H and O–H groups in total. The van der Waals surface area contributed by atoms with Crippen molar-refractivity contribution in [2.75, 3.05) is 0 Å². The Bertz CT molecular complexity index is 176. The first-order chi connectivity index (χ1) is 6.07. The average Bonchev–Trinajstić information content (AvgIpc) is 1.76. The van der Waals surface area contributed by atoms with Gasteiger partial charge in [-0.15, -0.1) is 0 Å². The Morgan fingerprint density at radius 1 is 1.00 bits per heavy atom. The predicted molar refractivity (Wildman–Crippen MR) is 56.7 cm³/mol. The van der Waals surface area contributed by atoms with Gasteiger partial charge in [-0.3, -0.25) is 0 Å². The van der Waals surface area contributed by atoms with Crippen molar-refractivity contribution in [2.45, 2.75) is 65.0 Å². The van der Waals surface area contributed by atoms with Gasteiger partial charge in [0.25, 0.3) is 0 Å². The first-order valence-electron chi connectivity index (χ1n) is 5.83. The van der Waals surface area contributed by atoms with Crippen LogP contribution in [0.25, 0.3) is 0 Å². The van der Waals surface area contributed by atoms with E-state index in [-0.39, 0.29) is 0 Å². The van der Waals surface area contributed by atoms with Crippen molar-refractivity contribution in [1.82, 2.24) is 5.32 Å². The molecule has 0 spiro atoms. The van der Waals surface area contributed by atoms with E-state index in [1.807, 2.05) is 0 Å². The van der Waals surface area contributed by atoms with Gasteiger partial charge in [0.05, 0.1) is 0 Å². The summed E-state index contributed by atoms with van der Waals surface area (Å²) in [6.07, 6.45) is 7.15. The molecule has 0 aromatic carbocycles. The largest absolute Gasteiger partial charge is 0.311 e. The lowest BCUT2D eigenvalue weighted by Gasteiger charge is -2.48. The molecule has 13 heavy (non-hydrogen) atoms. The maximum Gasteiger partial charge on any atom is 0.0103 e. The molecule has 0 amide bonds. The highest BCUT2D eigenvalue weighted by molar-refractivity contribution is 4.95. The molecule has 2 saturated carbocycles. The predicted octanol–water partition coefficient (Wildman–Crippen LogP) is 2.95. The summed E-state index contributed by atoms with van der Waals surface area (Å²) in [5.74, 6) is 0.924. The van der Waals surface area contributed by atoms with Crippen LogP contribution in [0.4, 0.5) is 0 Å². The van der Waals surface area contributed by atoms with Gasteiger partial charge in [-0.1, -0.05) is 27.2 Å². The van der Waals surface area contributed by atoms with Gasteiger partial charge in [0.15, 0.2) is 0 Å². The van der Waals surface area contributed by atoms with E-state index in [1.54, 1.807) is 0 Å². The second kappa shape index (κ2) is 3.27. The van der Waals surface area contributed by atoms with E-state index >= 15 is 0 Å². The summed E-state index contributed by atoms with van der Waals surface area (Å²) in [6.45, 7) is 7.14. The Kier molecular flexibility index (Phi) is 2.39. The molecule has 2 aliphatic rings. The van der Waals surface area contributed by atoms with Crippen molar-refractivity contribution < 1.29 is 0 Å². The Hall–Kier alpha value is -0.0400. The molecule has 2 atom stereocenters. The number of hydrogen-bond acceptors (Lipinski definition) is 1. The van der Waals surface area contributed by atoms with Crippen LogP contribution >= 0.6 is 0 Å². The van der Waals surface area contributed by atoms with Gasteiger partial charge in [-0.25, -0.2) is 0 Å². The summed E-state index contributed by atoms with van der Waals surface area (Å²) in [6, 6.07) is 1.71. The van der Waals surface area contributed by atoms with Gasteiger partial charge in [-0.2, -0.15) is 0 Å². The van der Waals surface area contributed by atoms with Crippen LogP contribution in [-0.4, -0.2) is 12.1 Å². The number of hydrogen-bond donors (Lipinski definition) is 1. The van der Waals surface area contributed by atoms with Crippen molar-refractivity contribution in [3.63, 3.8) is 0 Å². The number of rotatable bonds is 2. The van der Waals surface area contributed by atoms with E-state index in [2.05, 4.69) is 26.1 Å². The van der Waals surface area contributed by atoms with Crippen molar-refractivity contribution in [3.8, 4) is 0 Å². The quantitative estimate of drug-likeness (QED) is 0.690. The maximum absolute atomic E-state index is 3.81. The fourth-order valence-corrected chi connectivity index (χ4v) is 2.61. The molecule has 2 unspecified atom stereocenters. The third-order valence-corrected chi connectivity index (χ3v) is 3.94. The van der Waals surface area contributed by atoms with Crippen LogP contribution in [0, 0.1) is 11.3 Å². The zero-order chi connectivity index (χ0) is 9.47. The van der Waals surface area contributed by atoms with Crippen LogP contribution in [0.2, 0.25) is 0 Å². The molecule has 2 rings (SSSR count). The molecule has 0 aliphatic heterocycles. The topological polar surface area (TPSA) is 12.0 Å². The van der Waals surface area contributed by atoms with Gasteiger partial charge >= 0.3 is 0 Å². The van der Waals surface area contributed by atoms with Crippen LogP contribution in [0.3, 0.4) is 0 Å². The molecule has 0 saturated heterocycles. The minimum Gasteiger partial charge on any atom is -0.311 e. The van der Waals surface area contributed by atoms with E-state index < -0.39 is 0 Å². The van der Waals surface area contributed by atoms with E-state index in [1.165, 1.54) is 32.1 Å². The zero-order valence-electron chi connectivity index (χ0n) is 9.27. The lowest BCUT2D eigenvalue weighted by Crippen LogP contribution is -2.54. The Morgan fingerprint density at radius 3 is 2.00 bits per heavy atom. The molecule has 76 valence electrons. The molecular weight excluding hydrogens is 158 g/mol. The van der Waals surface area contributed by atoms with Crippen molar-refractivity contribution in [3.05, 3.63) is 0 Å². The molecule has 0 aromatic heterocycles. The summed E-state index contributed by atoms with van der Waals surface area (Å²) in [7, 11) is 0. The van der Waals surface area contributed by atoms with E-state index in [9.17, 15) is 0 Å². The van der Waals surface area contributed by atoms with E-state index in [0.717, 1.165) is 18.0 Å². The molecule has 2 fully saturated rings. The third kappa shape index (κ3) is 1.90. The van der Waals surface area contributed by atoms with Crippen molar-refractivity contribution in [2.24, 2.45) is 11.3 Å². The highest BCUT2D eigenvalue weighted by atomic mass is 15.0. The Labute approximate surface area is 82.3 Å². The summed E-state index contributed by atoms with van der Waals surface area (Å²) in [5.41, 5.74) is 0.514. The standard InChI is InChI=1S/C12H23N/c1-12(2,3)10-7-8-11(10)13-9-5-4-6-9/h9-11,13H,4-8H2,1-3H3. The molecule has 0 heterocycles. The molecule has 2 aliphatic carbocycles. The molecular formula is C12H23N. The van der Waals surface area contributed by atoms with E-state index in [4.69, 9.17) is 0 Å². The van der Waals surface area contributed by atoms with Crippen LogP contribution in [0.5, 0.6) is 0 Å². The minimum absolute atomic E-state index is 0.514. The first-order valence-corrected chi connectivity index (χ1v) is 5.83. The van der Waals surface area contributed by atoms with Crippen LogP contribution in [0.1, 0.15) is 52.9 Å². The molecule has 0 radical (unpaired) electrons.